The summed E-state index contributed by atoms with van der Waals surface area (Å²) in [6, 6.07) is 17.5. The molecule has 0 spiro atoms. The summed E-state index contributed by atoms with van der Waals surface area (Å²) < 4.78 is 0. The lowest BCUT2D eigenvalue weighted by Gasteiger charge is -2.29. The fourth-order valence-electron chi connectivity index (χ4n) is 3.72. The Morgan fingerprint density at radius 3 is 2.32 bits per heavy atom. The lowest BCUT2D eigenvalue weighted by atomic mass is 10.0. The van der Waals surface area contributed by atoms with Crippen LogP contribution in [0.3, 0.4) is 0 Å². The van der Waals surface area contributed by atoms with Crippen molar-refractivity contribution in [1.29, 1.82) is 0 Å². The third kappa shape index (κ3) is 3.35. The molecule has 2 heterocycles. The molecule has 1 atom stereocenters. The minimum atomic E-state index is -0.340. The van der Waals surface area contributed by atoms with Gasteiger partial charge in [-0.1, -0.05) is 55.3 Å². The normalized spacial score (nSPS) is 21.5. The van der Waals surface area contributed by atoms with Crippen LogP contribution in [0.5, 0.6) is 0 Å². The second-order valence-electron chi connectivity index (χ2n) is 6.72. The van der Waals surface area contributed by atoms with Crippen molar-refractivity contribution >= 4 is 23.0 Å². The zero-order valence-electron chi connectivity index (χ0n) is 14.3. The Bertz CT molecular complexity index is 777. The number of hydrogen-bond acceptors (Lipinski definition) is 3. The highest BCUT2D eigenvalue weighted by molar-refractivity contribution is 6.22. The van der Waals surface area contributed by atoms with Crippen molar-refractivity contribution in [3.05, 3.63) is 60.2 Å². The highest BCUT2D eigenvalue weighted by Gasteiger charge is 2.34. The molecule has 1 amide bonds. The van der Waals surface area contributed by atoms with Gasteiger partial charge in [-0.3, -0.25) is 9.69 Å². The van der Waals surface area contributed by atoms with Gasteiger partial charge in [-0.15, -0.1) is 0 Å². The van der Waals surface area contributed by atoms with Gasteiger partial charge in [0.05, 0.1) is 17.1 Å². The summed E-state index contributed by atoms with van der Waals surface area (Å²) in [7, 11) is 0. The van der Waals surface area contributed by atoms with Crippen LogP contribution >= 0.6 is 0 Å². The second-order valence-corrected chi connectivity index (χ2v) is 6.72. The molecule has 4 rings (SSSR count). The molecule has 2 aromatic carbocycles. The van der Waals surface area contributed by atoms with E-state index in [1.165, 1.54) is 12.8 Å². The predicted molar refractivity (Wildman–Crippen MR) is 102 cm³/mol. The van der Waals surface area contributed by atoms with Gasteiger partial charge >= 0.3 is 0 Å². The van der Waals surface area contributed by atoms with E-state index in [4.69, 9.17) is 4.99 Å². The predicted octanol–water partition coefficient (Wildman–Crippen LogP) is 4.00. The van der Waals surface area contributed by atoms with Gasteiger partial charge in [0.15, 0.2) is 0 Å². The number of anilines is 1. The van der Waals surface area contributed by atoms with Crippen LogP contribution in [-0.2, 0) is 4.79 Å². The number of nitrogens with one attached hydrogen (secondary N) is 1. The first-order chi connectivity index (χ1) is 12.3. The van der Waals surface area contributed by atoms with Gasteiger partial charge in [-0.25, -0.2) is 4.99 Å². The molecule has 0 aromatic heterocycles. The van der Waals surface area contributed by atoms with Crippen molar-refractivity contribution in [3.63, 3.8) is 0 Å². The van der Waals surface area contributed by atoms with E-state index < -0.39 is 0 Å². The number of fused-ring (bicyclic) bond motifs is 1. The standard InChI is InChI=1S/C21H23N3O/c25-21-20(24-14-8-1-2-9-15-24)19(16-10-4-3-5-11-16)22-17-12-6-7-13-18(17)23-21/h3-7,10-13,20H,1-2,8-9,14-15H2,(H,23,25). The van der Waals surface area contributed by atoms with Crippen LogP contribution in [0.2, 0.25) is 0 Å². The minimum Gasteiger partial charge on any atom is -0.322 e. The number of aliphatic imine (C=N–C) groups is 1. The van der Waals surface area contributed by atoms with Crippen molar-refractivity contribution in [1.82, 2.24) is 4.90 Å². The zero-order valence-corrected chi connectivity index (χ0v) is 14.3. The number of para-hydroxylation sites is 2. The Kier molecular flexibility index (Phi) is 4.61. The van der Waals surface area contributed by atoms with E-state index in [1.807, 2.05) is 54.6 Å². The van der Waals surface area contributed by atoms with E-state index in [0.717, 1.165) is 48.6 Å². The molecule has 1 unspecified atom stereocenters. The molecular formula is C21H23N3O. The molecule has 2 aromatic rings. The third-order valence-electron chi connectivity index (χ3n) is 4.99. The molecule has 1 N–H and O–H groups in total. The molecule has 128 valence electrons. The summed E-state index contributed by atoms with van der Waals surface area (Å²) in [6.45, 7) is 1.89. The van der Waals surface area contributed by atoms with Gasteiger partial charge in [0.1, 0.15) is 6.04 Å². The van der Waals surface area contributed by atoms with E-state index >= 15 is 0 Å². The molecule has 25 heavy (non-hydrogen) atoms. The Labute approximate surface area is 148 Å². The summed E-state index contributed by atoms with van der Waals surface area (Å²) in [4.78, 5) is 20.4. The first-order valence-electron chi connectivity index (χ1n) is 9.11. The lowest BCUT2D eigenvalue weighted by molar-refractivity contribution is -0.119. The number of carbonyl (C=O) groups is 1. The quantitative estimate of drug-likeness (QED) is 0.903. The van der Waals surface area contributed by atoms with Crippen LogP contribution < -0.4 is 5.32 Å². The minimum absolute atomic E-state index is 0.0226. The molecule has 4 nitrogen and oxygen atoms in total. The fourth-order valence-corrected chi connectivity index (χ4v) is 3.72. The Hall–Kier alpha value is -2.46. The van der Waals surface area contributed by atoms with Gasteiger partial charge in [0.25, 0.3) is 0 Å². The molecule has 0 radical (unpaired) electrons. The average molecular weight is 333 g/mol. The summed E-state index contributed by atoms with van der Waals surface area (Å²) in [6.07, 6.45) is 4.75. The van der Waals surface area contributed by atoms with Crippen molar-refractivity contribution < 1.29 is 4.79 Å². The van der Waals surface area contributed by atoms with E-state index in [1.54, 1.807) is 0 Å². The molecule has 0 aliphatic carbocycles. The molecule has 4 heteroatoms. The van der Waals surface area contributed by atoms with Crippen LogP contribution in [0.25, 0.3) is 0 Å². The smallest absolute Gasteiger partial charge is 0.248 e. The number of likely N-dealkylation sites (tertiary alicyclic amines) is 1. The second kappa shape index (κ2) is 7.19. The van der Waals surface area contributed by atoms with Gasteiger partial charge in [0.2, 0.25) is 5.91 Å². The highest BCUT2D eigenvalue weighted by Crippen LogP contribution is 2.30. The Morgan fingerprint density at radius 1 is 0.880 bits per heavy atom. The Balaban J connectivity index is 1.81. The van der Waals surface area contributed by atoms with Crippen LogP contribution in [-0.4, -0.2) is 35.7 Å². The maximum absolute atomic E-state index is 13.1. The maximum atomic E-state index is 13.1. The third-order valence-corrected chi connectivity index (χ3v) is 4.99. The van der Waals surface area contributed by atoms with Gasteiger partial charge in [-0.2, -0.15) is 0 Å². The van der Waals surface area contributed by atoms with Crippen molar-refractivity contribution in [2.24, 2.45) is 4.99 Å². The molecule has 2 aliphatic rings. The molecule has 0 bridgehead atoms. The van der Waals surface area contributed by atoms with Crippen molar-refractivity contribution in [2.45, 2.75) is 31.7 Å². The van der Waals surface area contributed by atoms with E-state index in [-0.39, 0.29) is 11.9 Å². The van der Waals surface area contributed by atoms with Crippen LogP contribution in [0.15, 0.2) is 59.6 Å². The number of rotatable bonds is 2. The first-order valence-corrected chi connectivity index (χ1v) is 9.11. The van der Waals surface area contributed by atoms with E-state index in [9.17, 15) is 4.79 Å². The molecule has 2 aliphatic heterocycles. The van der Waals surface area contributed by atoms with Gasteiger partial charge in [0, 0.05) is 0 Å². The summed E-state index contributed by atoms with van der Waals surface area (Å²) >= 11 is 0. The summed E-state index contributed by atoms with van der Waals surface area (Å²) in [5.41, 5.74) is 3.49. The lowest BCUT2D eigenvalue weighted by Crippen LogP contribution is -2.49. The fraction of sp³-hybridized carbons (Fsp3) is 0.333. The van der Waals surface area contributed by atoms with Crippen LogP contribution in [0.1, 0.15) is 31.2 Å². The topological polar surface area (TPSA) is 44.7 Å². The van der Waals surface area contributed by atoms with Crippen molar-refractivity contribution in [2.75, 3.05) is 18.4 Å². The molecular weight excluding hydrogens is 310 g/mol. The number of benzene rings is 2. The van der Waals surface area contributed by atoms with E-state index in [2.05, 4.69) is 10.2 Å². The summed E-state index contributed by atoms with van der Waals surface area (Å²) in [5, 5.41) is 3.09. The highest BCUT2D eigenvalue weighted by atomic mass is 16.2. The average Bonchev–Trinajstić information content (AvgIpc) is 2.99. The van der Waals surface area contributed by atoms with Gasteiger partial charge < -0.3 is 5.32 Å². The van der Waals surface area contributed by atoms with Crippen LogP contribution in [0.4, 0.5) is 11.4 Å². The van der Waals surface area contributed by atoms with Crippen molar-refractivity contribution in [3.8, 4) is 0 Å². The monoisotopic (exact) mass is 333 g/mol. The Morgan fingerprint density at radius 2 is 1.56 bits per heavy atom. The van der Waals surface area contributed by atoms with Gasteiger partial charge in [-0.05, 0) is 43.6 Å². The van der Waals surface area contributed by atoms with Crippen LogP contribution in [0, 0.1) is 0 Å². The number of carbonyl (C=O) groups excluding carboxylic acids is 1. The molecule has 0 saturated carbocycles. The van der Waals surface area contributed by atoms with E-state index in [0.29, 0.717) is 0 Å². The number of hydrogen-bond donors (Lipinski definition) is 1. The number of amides is 1. The maximum Gasteiger partial charge on any atom is 0.248 e. The molecule has 1 saturated heterocycles. The molecule has 1 fully saturated rings. The first kappa shape index (κ1) is 16.0. The SMILES string of the molecule is O=C1Nc2ccccc2N=C(c2ccccc2)C1N1CCCCCC1. The number of nitrogens with zero attached hydrogens (tertiary/aromatic N) is 2. The zero-order chi connectivity index (χ0) is 17.1. The summed E-state index contributed by atoms with van der Waals surface area (Å²) in [5.74, 6) is 0.0226. The largest absolute Gasteiger partial charge is 0.322 e.